The summed E-state index contributed by atoms with van der Waals surface area (Å²) in [7, 11) is 0. The standard InChI is InChI=1S/C10H12BrNO2/c1-7(13)6-12-10(14)8-3-2-4-9(11)5-8/h2-5,7,13H,6H2,1H3,(H,12,14)/t7-/m0/s1. The van der Waals surface area contributed by atoms with Gasteiger partial charge in [-0.05, 0) is 25.1 Å². The fourth-order valence-corrected chi connectivity index (χ4v) is 1.37. The quantitative estimate of drug-likeness (QED) is 0.864. The Labute approximate surface area is 91.3 Å². The van der Waals surface area contributed by atoms with Gasteiger partial charge in [0.05, 0.1) is 6.10 Å². The molecule has 14 heavy (non-hydrogen) atoms. The van der Waals surface area contributed by atoms with E-state index in [0.717, 1.165) is 4.47 Å². The number of aliphatic hydroxyl groups excluding tert-OH is 1. The van der Waals surface area contributed by atoms with E-state index in [0.29, 0.717) is 5.56 Å². The molecule has 0 unspecified atom stereocenters. The van der Waals surface area contributed by atoms with Gasteiger partial charge in [-0.1, -0.05) is 22.0 Å². The van der Waals surface area contributed by atoms with Gasteiger partial charge < -0.3 is 10.4 Å². The van der Waals surface area contributed by atoms with Crippen molar-refractivity contribution in [2.45, 2.75) is 13.0 Å². The molecule has 2 N–H and O–H groups in total. The molecule has 0 fully saturated rings. The van der Waals surface area contributed by atoms with Gasteiger partial charge in [0.1, 0.15) is 0 Å². The minimum atomic E-state index is -0.522. The van der Waals surface area contributed by atoms with Crippen LogP contribution in [0, 0.1) is 0 Å². The zero-order valence-electron chi connectivity index (χ0n) is 7.83. The van der Waals surface area contributed by atoms with Crippen molar-refractivity contribution in [2.24, 2.45) is 0 Å². The van der Waals surface area contributed by atoms with E-state index in [2.05, 4.69) is 21.2 Å². The highest BCUT2D eigenvalue weighted by atomic mass is 79.9. The van der Waals surface area contributed by atoms with Crippen LogP contribution in [0.1, 0.15) is 17.3 Å². The van der Waals surface area contributed by atoms with Crippen molar-refractivity contribution in [3.8, 4) is 0 Å². The van der Waals surface area contributed by atoms with Crippen molar-refractivity contribution in [1.82, 2.24) is 5.32 Å². The SMILES string of the molecule is C[C@H](O)CNC(=O)c1cccc(Br)c1. The molecular formula is C10H12BrNO2. The fraction of sp³-hybridized carbons (Fsp3) is 0.300. The number of carbonyl (C=O) groups is 1. The lowest BCUT2D eigenvalue weighted by Crippen LogP contribution is -2.30. The summed E-state index contributed by atoms with van der Waals surface area (Å²) in [5.41, 5.74) is 0.583. The lowest BCUT2D eigenvalue weighted by Gasteiger charge is -2.06. The van der Waals surface area contributed by atoms with Crippen LogP contribution in [0.5, 0.6) is 0 Å². The molecule has 0 saturated heterocycles. The van der Waals surface area contributed by atoms with Gasteiger partial charge in [-0.15, -0.1) is 0 Å². The Bertz CT molecular complexity index is 326. The molecule has 4 heteroatoms. The summed E-state index contributed by atoms with van der Waals surface area (Å²) in [6.07, 6.45) is -0.522. The third-order valence-electron chi connectivity index (χ3n) is 1.64. The Morgan fingerprint density at radius 2 is 2.36 bits per heavy atom. The molecule has 1 aromatic rings. The first-order valence-corrected chi connectivity index (χ1v) is 5.10. The van der Waals surface area contributed by atoms with Gasteiger partial charge in [0.2, 0.25) is 0 Å². The number of carbonyl (C=O) groups excluding carboxylic acids is 1. The van der Waals surface area contributed by atoms with Gasteiger partial charge >= 0.3 is 0 Å². The van der Waals surface area contributed by atoms with Crippen molar-refractivity contribution in [3.05, 3.63) is 34.3 Å². The summed E-state index contributed by atoms with van der Waals surface area (Å²) in [5, 5.41) is 11.6. The lowest BCUT2D eigenvalue weighted by molar-refractivity contribution is 0.0924. The average Bonchev–Trinajstić information content (AvgIpc) is 2.14. The van der Waals surface area contributed by atoms with Gasteiger partial charge in [-0.3, -0.25) is 4.79 Å². The van der Waals surface area contributed by atoms with Crippen LogP contribution in [0.3, 0.4) is 0 Å². The topological polar surface area (TPSA) is 49.3 Å². The van der Waals surface area contributed by atoms with Crippen LogP contribution >= 0.6 is 15.9 Å². The molecule has 0 aliphatic heterocycles. The monoisotopic (exact) mass is 257 g/mol. The summed E-state index contributed by atoms with van der Waals surface area (Å²) in [6, 6.07) is 7.10. The van der Waals surface area contributed by atoms with Crippen LogP contribution in [-0.4, -0.2) is 23.7 Å². The summed E-state index contributed by atoms with van der Waals surface area (Å²) in [6.45, 7) is 1.90. The van der Waals surface area contributed by atoms with Crippen molar-refractivity contribution in [2.75, 3.05) is 6.54 Å². The Hall–Kier alpha value is -0.870. The summed E-state index contributed by atoms with van der Waals surface area (Å²) < 4.78 is 0.863. The first kappa shape index (κ1) is 11.2. The van der Waals surface area contributed by atoms with Crippen LogP contribution in [0.25, 0.3) is 0 Å². The third-order valence-corrected chi connectivity index (χ3v) is 2.14. The normalized spacial score (nSPS) is 12.2. The second-order valence-electron chi connectivity index (χ2n) is 3.07. The number of benzene rings is 1. The molecule has 0 spiro atoms. The maximum absolute atomic E-state index is 11.5. The zero-order chi connectivity index (χ0) is 10.6. The molecule has 1 aromatic carbocycles. The number of rotatable bonds is 3. The maximum atomic E-state index is 11.5. The molecule has 76 valence electrons. The highest BCUT2D eigenvalue weighted by Gasteiger charge is 2.05. The Morgan fingerprint density at radius 3 is 2.93 bits per heavy atom. The predicted octanol–water partition coefficient (Wildman–Crippen LogP) is 1.56. The summed E-state index contributed by atoms with van der Waals surface area (Å²) >= 11 is 3.28. The molecule has 1 atom stereocenters. The summed E-state index contributed by atoms with van der Waals surface area (Å²) in [5.74, 6) is -0.174. The van der Waals surface area contributed by atoms with Crippen LogP contribution in [0.2, 0.25) is 0 Å². The highest BCUT2D eigenvalue weighted by molar-refractivity contribution is 9.10. The molecule has 0 aromatic heterocycles. The molecule has 1 rings (SSSR count). The van der Waals surface area contributed by atoms with E-state index < -0.39 is 6.10 Å². The number of hydrogen-bond acceptors (Lipinski definition) is 2. The molecule has 0 aliphatic carbocycles. The molecule has 1 amide bonds. The number of hydrogen-bond donors (Lipinski definition) is 2. The molecule has 0 saturated carbocycles. The number of amides is 1. The van der Waals surface area contributed by atoms with E-state index in [1.165, 1.54) is 0 Å². The highest BCUT2D eigenvalue weighted by Crippen LogP contribution is 2.11. The molecule has 0 aliphatic rings. The van der Waals surface area contributed by atoms with E-state index in [-0.39, 0.29) is 12.5 Å². The van der Waals surface area contributed by atoms with Crippen molar-refractivity contribution in [3.63, 3.8) is 0 Å². The molecule has 0 bridgehead atoms. The molecule has 0 heterocycles. The van der Waals surface area contributed by atoms with E-state index in [9.17, 15) is 4.79 Å². The number of halogens is 1. The van der Waals surface area contributed by atoms with E-state index in [1.54, 1.807) is 25.1 Å². The van der Waals surface area contributed by atoms with Crippen LogP contribution in [-0.2, 0) is 0 Å². The molecular weight excluding hydrogens is 246 g/mol. The zero-order valence-corrected chi connectivity index (χ0v) is 9.41. The van der Waals surface area contributed by atoms with Crippen molar-refractivity contribution < 1.29 is 9.90 Å². The number of aliphatic hydroxyl groups is 1. The van der Waals surface area contributed by atoms with Gasteiger partial charge in [0.15, 0.2) is 0 Å². The third kappa shape index (κ3) is 3.47. The van der Waals surface area contributed by atoms with Crippen LogP contribution in [0.4, 0.5) is 0 Å². The predicted molar refractivity (Wildman–Crippen MR) is 58.2 cm³/mol. The first-order valence-electron chi connectivity index (χ1n) is 4.31. The number of nitrogens with one attached hydrogen (secondary N) is 1. The maximum Gasteiger partial charge on any atom is 0.251 e. The van der Waals surface area contributed by atoms with Crippen molar-refractivity contribution >= 4 is 21.8 Å². The minimum Gasteiger partial charge on any atom is -0.392 e. The van der Waals surface area contributed by atoms with E-state index >= 15 is 0 Å². The Balaban J connectivity index is 2.61. The van der Waals surface area contributed by atoms with E-state index in [4.69, 9.17) is 5.11 Å². The Morgan fingerprint density at radius 1 is 1.64 bits per heavy atom. The van der Waals surface area contributed by atoms with Gasteiger partial charge in [0, 0.05) is 16.6 Å². The first-order chi connectivity index (χ1) is 6.59. The minimum absolute atomic E-state index is 0.174. The van der Waals surface area contributed by atoms with Gasteiger partial charge in [-0.25, -0.2) is 0 Å². The second kappa shape index (κ2) is 5.12. The largest absolute Gasteiger partial charge is 0.392 e. The lowest BCUT2D eigenvalue weighted by atomic mass is 10.2. The second-order valence-corrected chi connectivity index (χ2v) is 3.99. The summed E-state index contributed by atoms with van der Waals surface area (Å²) in [4.78, 5) is 11.5. The smallest absolute Gasteiger partial charge is 0.251 e. The Kier molecular flexibility index (Phi) is 4.10. The average molecular weight is 258 g/mol. The van der Waals surface area contributed by atoms with Gasteiger partial charge in [-0.2, -0.15) is 0 Å². The van der Waals surface area contributed by atoms with Crippen LogP contribution in [0.15, 0.2) is 28.7 Å². The van der Waals surface area contributed by atoms with Gasteiger partial charge in [0.25, 0.3) is 5.91 Å². The molecule has 0 radical (unpaired) electrons. The molecule has 3 nitrogen and oxygen atoms in total. The van der Waals surface area contributed by atoms with Crippen LogP contribution < -0.4 is 5.32 Å². The fourth-order valence-electron chi connectivity index (χ4n) is 0.972. The van der Waals surface area contributed by atoms with Crippen molar-refractivity contribution in [1.29, 1.82) is 0 Å². The van der Waals surface area contributed by atoms with E-state index in [1.807, 2.05) is 6.07 Å².